The van der Waals surface area contributed by atoms with Crippen LogP contribution in [0.3, 0.4) is 0 Å². The van der Waals surface area contributed by atoms with Crippen LogP contribution in [0.15, 0.2) is 0 Å². The third kappa shape index (κ3) is 8.34. The second-order valence-corrected chi connectivity index (χ2v) is 14.3. The Balaban J connectivity index is 1.84. The SMILES string of the molecule is CCC(C)(C)N(CCC(=O)OCC1(COC(=O)CC(C)C)CSSC1)C1CSSC1. The minimum atomic E-state index is -0.265. The maximum Gasteiger partial charge on any atom is 0.307 e. The summed E-state index contributed by atoms with van der Waals surface area (Å²) in [5.74, 6) is 3.87. The van der Waals surface area contributed by atoms with Crippen molar-refractivity contribution in [2.75, 3.05) is 42.8 Å². The van der Waals surface area contributed by atoms with Gasteiger partial charge in [0, 0.05) is 47.6 Å². The molecule has 0 aromatic rings. The number of ether oxygens (including phenoxy) is 2. The summed E-state index contributed by atoms with van der Waals surface area (Å²) < 4.78 is 11.2. The topological polar surface area (TPSA) is 55.8 Å². The molecule has 0 aliphatic carbocycles. The van der Waals surface area contributed by atoms with Crippen LogP contribution >= 0.6 is 43.2 Å². The predicted octanol–water partition coefficient (Wildman–Crippen LogP) is 5.14. The van der Waals surface area contributed by atoms with Gasteiger partial charge in [-0.1, -0.05) is 63.9 Å². The predicted molar refractivity (Wildman–Crippen MR) is 133 cm³/mol. The van der Waals surface area contributed by atoms with Crippen molar-refractivity contribution in [3.8, 4) is 0 Å². The van der Waals surface area contributed by atoms with Crippen molar-refractivity contribution in [1.29, 1.82) is 0 Å². The first kappa shape index (κ1) is 26.6. The second-order valence-electron chi connectivity index (χ2n) is 9.28. The van der Waals surface area contributed by atoms with E-state index in [0.717, 1.165) is 36.0 Å². The third-order valence-electron chi connectivity index (χ3n) is 5.71. The lowest BCUT2D eigenvalue weighted by Gasteiger charge is -2.41. The van der Waals surface area contributed by atoms with E-state index in [2.05, 4.69) is 25.7 Å². The molecule has 2 rings (SSSR count). The van der Waals surface area contributed by atoms with Gasteiger partial charge in [0.2, 0.25) is 0 Å². The maximum atomic E-state index is 12.6. The molecule has 2 aliphatic rings. The quantitative estimate of drug-likeness (QED) is 0.270. The zero-order valence-electron chi connectivity index (χ0n) is 18.9. The molecule has 0 aromatic carbocycles. The van der Waals surface area contributed by atoms with Gasteiger partial charge in [0.25, 0.3) is 0 Å². The maximum absolute atomic E-state index is 12.6. The lowest BCUT2D eigenvalue weighted by Crippen LogP contribution is -2.51. The molecule has 5 nitrogen and oxygen atoms in total. The smallest absolute Gasteiger partial charge is 0.307 e. The van der Waals surface area contributed by atoms with Gasteiger partial charge in [-0.05, 0) is 26.2 Å². The zero-order chi connectivity index (χ0) is 22.2. The Morgan fingerprint density at radius 2 is 1.60 bits per heavy atom. The summed E-state index contributed by atoms with van der Waals surface area (Å²) in [5, 5.41) is 0. The molecule has 0 spiro atoms. The normalized spacial score (nSPS) is 19.6. The minimum absolute atomic E-state index is 0.0704. The number of carbonyl (C=O) groups is 2. The van der Waals surface area contributed by atoms with Crippen molar-refractivity contribution < 1.29 is 19.1 Å². The molecular weight excluding hydrogens is 459 g/mol. The van der Waals surface area contributed by atoms with E-state index in [1.807, 2.05) is 35.4 Å². The molecule has 174 valence electrons. The average molecular weight is 496 g/mol. The molecular formula is C21H37NO4S4. The molecule has 0 N–H and O–H groups in total. The highest BCUT2D eigenvalue weighted by Gasteiger charge is 2.39. The first-order valence-electron chi connectivity index (χ1n) is 10.7. The molecule has 0 atom stereocenters. The number of hydrogen-bond donors (Lipinski definition) is 0. The highest BCUT2D eigenvalue weighted by molar-refractivity contribution is 8.77. The molecule has 0 amide bonds. The summed E-state index contributed by atoms with van der Waals surface area (Å²) >= 11 is 0. The molecule has 2 saturated heterocycles. The summed E-state index contributed by atoms with van der Waals surface area (Å²) in [5.41, 5.74) is -0.195. The Hall–Kier alpha value is 0.300. The van der Waals surface area contributed by atoms with Crippen LogP contribution in [-0.2, 0) is 19.1 Å². The van der Waals surface area contributed by atoms with Crippen LogP contribution in [0, 0.1) is 11.3 Å². The number of nitrogens with zero attached hydrogens (tertiary/aromatic N) is 1. The van der Waals surface area contributed by atoms with E-state index in [0.29, 0.717) is 32.1 Å². The summed E-state index contributed by atoms with van der Waals surface area (Å²) in [6, 6.07) is 0.511. The van der Waals surface area contributed by atoms with Crippen LogP contribution in [-0.4, -0.2) is 71.2 Å². The molecule has 2 heterocycles. The van der Waals surface area contributed by atoms with Gasteiger partial charge >= 0.3 is 11.9 Å². The Morgan fingerprint density at radius 3 is 2.13 bits per heavy atom. The Morgan fingerprint density at radius 1 is 1.03 bits per heavy atom. The zero-order valence-corrected chi connectivity index (χ0v) is 22.2. The number of carbonyl (C=O) groups excluding carboxylic acids is 2. The van der Waals surface area contributed by atoms with Gasteiger partial charge in [0.05, 0.1) is 11.8 Å². The van der Waals surface area contributed by atoms with E-state index in [9.17, 15) is 9.59 Å². The molecule has 0 saturated carbocycles. The van der Waals surface area contributed by atoms with Gasteiger partial charge < -0.3 is 9.47 Å². The monoisotopic (exact) mass is 495 g/mol. The Labute approximate surface area is 198 Å². The summed E-state index contributed by atoms with van der Waals surface area (Å²) in [4.78, 5) is 27.0. The standard InChI is InChI=1S/C21H37NO4S4/c1-6-20(4,5)22(17-10-27-28-11-17)8-7-18(23)25-12-21(14-29-30-15-21)13-26-19(24)9-16(2)3/h16-17H,6-15H2,1-5H3. The number of hydrogen-bond acceptors (Lipinski definition) is 9. The first-order chi connectivity index (χ1) is 14.2. The van der Waals surface area contributed by atoms with Gasteiger partial charge in [-0.3, -0.25) is 14.5 Å². The molecule has 0 radical (unpaired) electrons. The minimum Gasteiger partial charge on any atom is -0.465 e. The van der Waals surface area contributed by atoms with E-state index >= 15 is 0 Å². The van der Waals surface area contributed by atoms with Crippen LogP contribution in [0.5, 0.6) is 0 Å². The fraction of sp³-hybridized carbons (Fsp3) is 0.905. The van der Waals surface area contributed by atoms with Crippen LogP contribution in [0.2, 0.25) is 0 Å². The third-order valence-corrected chi connectivity index (χ3v) is 11.1. The molecule has 0 unspecified atom stereocenters. The van der Waals surface area contributed by atoms with Crippen molar-refractivity contribution in [3.63, 3.8) is 0 Å². The van der Waals surface area contributed by atoms with Crippen molar-refractivity contribution in [3.05, 3.63) is 0 Å². The highest BCUT2D eigenvalue weighted by atomic mass is 33.1. The molecule has 0 bridgehead atoms. The van der Waals surface area contributed by atoms with Gasteiger partial charge in [-0.2, -0.15) is 0 Å². The first-order valence-corrected chi connectivity index (χ1v) is 15.7. The molecule has 2 fully saturated rings. The van der Waals surface area contributed by atoms with E-state index < -0.39 is 0 Å². The Bertz CT molecular complexity index is 561. The summed E-state index contributed by atoms with van der Waals surface area (Å²) in [7, 11) is 7.37. The fourth-order valence-corrected chi connectivity index (χ4v) is 9.50. The van der Waals surface area contributed by atoms with Crippen LogP contribution in [0.4, 0.5) is 0 Å². The molecule has 0 aromatic heterocycles. The van der Waals surface area contributed by atoms with Crippen LogP contribution < -0.4 is 0 Å². The van der Waals surface area contributed by atoms with Crippen LogP contribution in [0.1, 0.15) is 53.9 Å². The fourth-order valence-electron chi connectivity index (χ4n) is 3.39. The van der Waals surface area contributed by atoms with Gasteiger partial charge in [0.1, 0.15) is 13.2 Å². The largest absolute Gasteiger partial charge is 0.465 e. The van der Waals surface area contributed by atoms with E-state index in [4.69, 9.17) is 9.47 Å². The van der Waals surface area contributed by atoms with E-state index in [-0.39, 0.29) is 28.8 Å². The van der Waals surface area contributed by atoms with Gasteiger partial charge in [-0.15, -0.1) is 0 Å². The lowest BCUT2D eigenvalue weighted by molar-refractivity contribution is -0.152. The average Bonchev–Trinajstić information content (AvgIpc) is 3.37. The van der Waals surface area contributed by atoms with Crippen molar-refractivity contribution >= 4 is 55.1 Å². The van der Waals surface area contributed by atoms with Gasteiger partial charge in [-0.25, -0.2) is 0 Å². The van der Waals surface area contributed by atoms with E-state index in [1.165, 1.54) is 0 Å². The van der Waals surface area contributed by atoms with E-state index in [1.54, 1.807) is 21.6 Å². The Kier molecular flexibility index (Phi) is 11.1. The number of rotatable bonds is 12. The van der Waals surface area contributed by atoms with Crippen molar-refractivity contribution in [2.45, 2.75) is 65.5 Å². The van der Waals surface area contributed by atoms with Crippen LogP contribution in [0.25, 0.3) is 0 Å². The summed E-state index contributed by atoms with van der Waals surface area (Å²) in [6.07, 6.45) is 1.88. The highest BCUT2D eigenvalue weighted by Crippen LogP contribution is 2.44. The van der Waals surface area contributed by atoms with Crippen molar-refractivity contribution in [2.24, 2.45) is 11.3 Å². The number of esters is 2. The lowest BCUT2D eigenvalue weighted by atomic mass is 9.95. The van der Waals surface area contributed by atoms with Crippen molar-refractivity contribution in [1.82, 2.24) is 4.90 Å². The summed E-state index contributed by atoms with van der Waals surface area (Å²) in [6.45, 7) is 12.1. The molecule has 30 heavy (non-hydrogen) atoms. The molecule has 2 aliphatic heterocycles. The second kappa shape index (κ2) is 12.5. The molecule has 9 heteroatoms. The van der Waals surface area contributed by atoms with Gasteiger partial charge in [0.15, 0.2) is 0 Å².